The number of ether oxygens (including phenoxy) is 1. The third-order valence-electron chi connectivity index (χ3n) is 2.58. The quantitative estimate of drug-likeness (QED) is 0.671. The van der Waals surface area contributed by atoms with Crippen molar-refractivity contribution in [1.29, 1.82) is 0 Å². The third-order valence-corrected chi connectivity index (χ3v) is 2.58. The van der Waals surface area contributed by atoms with Crippen molar-refractivity contribution in [2.75, 3.05) is 20.3 Å². The van der Waals surface area contributed by atoms with Crippen LogP contribution in [0.4, 0.5) is 13.2 Å². The first kappa shape index (κ1) is 12.8. The summed E-state index contributed by atoms with van der Waals surface area (Å²) in [5.41, 5.74) is 0. The number of methoxy groups -OCH3 is 1. The first-order valence-electron chi connectivity index (χ1n) is 5.32. The summed E-state index contributed by atoms with van der Waals surface area (Å²) in [4.78, 5) is 0. The van der Waals surface area contributed by atoms with E-state index in [0.717, 1.165) is 0 Å². The van der Waals surface area contributed by atoms with Gasteiger partial charge in [-0.1, -0.05) is 0 Å². The standard InChI is InChI=1S/C10H18F3NO/c1-15-7-9(8-3-4-8)14-6-2-5-10(11,12)13/h8-9,14H,2-7H2,1H3. The zero-order valence-corrected chi connectivity index (χ0v) is 8.94. The summed E-state index contributed by atoms with van der Waals surface area (Å²) in [5, 5.41) is 3.13. The highest BCUT2D eigenvalue weighted by atomic mass is 19.4. The van der Waals surface area contributed by atoms with Crippen LogP contribution in [0.1, 0.15) is 25.7 Å². The SMILES string of the molecule is COCC(NCCCC(F)(F)F)C1CC1. The topological polar surface area (TPSA) is 21.3 Å². The van der Waals surface area contributed by atoms with Gasteiger partial charge in [0.2, 0.25) is 0 Å². The highest BCUT2D eigenvalue weighted by molar-refractivity contribution is 4.86. The molecule has 5 heteroatoms. The Bertz CT molecular complexity index is 180. The lowest BCUT2D eigenvalue weighted by Crippen LogP contribution is -2.36. The van der Waals surface area contributed by atoms with Crippen molar-refractivity contribution in [2.24, 2.45) is 5.92 Å². The summed E-state index contributed by atoms with van der Waals surface area (Å²) < 4.78 is 40.6. The normalized spacial score (nSPS) is 19.2. The van der Waals surface area contributed by atoms with E-state index in [1.807, 2.05) is 0 Å². The fraction of sp³-hybridized carbons (Fsp3) is 1.00. The molecule has 0 saturated heterocycles. The molecule has 1 unspecified atom stereocenters. The Kier molecular flexibility index (Phi) is 4.86. The molecular formula is C10H18F3NO. The fourth-order valence-electron chi connectivity index (χ4n) is 1.62. The molecule has 0 amide bonds. The maximum absolute atomic E-state index is 11.8. The van der Waals surface area contributed by atoms with Gasteiger partial charge in [-0.3, -0.25) is 0 Å². The Labute approximate surface area is 88.2 Å². The van der Waals surface area contributed by atoms with E-state index in [1.54, 1.807) is 7.11 Å². The monoisotopic (exact) mass is 225 g/mol. The molecule has 1 aliphatic carbocycles. The van der Waals surface area contributed by atoms with Crippen LogP contribution in [0.2, 0.25) is 0 Å². The third kappa shape index (κ3) is 5.99. The van der Waals surface area contributed by atoms with Crippen LogP contribution in [0.15, 0.2) is 0 Å². The van der Waals surface area contributed by atoms with Gasteiger partial charge < -0.3 is 10.1 Å². The lowest BCUT2D eigenvalue weighted by molar-refractivity contribution is -0.135. The van der Waals surface area contributed by atoms with Gasteiger partial charge >= 0.3 is 6.18 Å². The molecule has 1 saturated carbocycles. The Balaban J connectivity index is 2.06. The zero-order valence-electron chi connectivity index (χ0n) is 8.94. The molecular weight excluding hydrogens is 207 g/mol. The van der Waals surface area contributed by atoms with E-state index >= 15 is 0 Å². The van der Waals surface area contributed by atoms with Crippen LogP contribution in [0.25, 0.3) is 0 Å². The highest BCUT2D eigenvalue weighted by Crippen LogP contribution is 2.32. The van der Waals surface area contributed by atoms with Gasteiger partial charge in [0.1, 0.15) is 0 Å². The largest absolute Gasteiger partial charge is 0.389 e. The van der Waals surface area contributed by atoms with E-state index in [4.69, 9.17) is 4.74 Å². The van der Waals surface area contributed by atoms with Crippen molar-refractivity contribution in [3.05, 3.63) is 0 Å². The summed E-state index contributed by atoms with van der Waals surface area (Å²) in [6.07, 6.45) is -2.25. The molecule has 0 heterocycles. The number of alkyl halides is 3. The minimum Gasteiger partial charge on any atom is -0.383 e. The average Bonchev–Trinajstić information content (AvgIpc) is 2.91. The maximum atomic E-state index is 11.8. The smallest absolute Gasteiger partial charge is 0.383 e. The van der Waals surface area contributed by atoms with Crippen LogP contribution in [0.3, 0.4) is 0 Å². The van der Waals surface area contributed by atoms with Gasteiger partial charge in [-0.2, -0.15) is 13.2 Å². The number of rotatable bonds is 7. The van der Waals surface area contributed by atoms with Gasteiger partial charge in [-0.25, -0.2) is 0 Å². The van der Waals surface area contributed by atoms with Crippen molar-refractivity contribution < 1.29 is 17.9 Å². The minimum atomic E-state index is -4.03. The highest BCUT2D eigenvalue weighted by Gasteiger charge is 2.31. The second kappa shape index (κ2) is 5.70. The molecule has 0 radical (unpaired) electrons. The average molecular weight is 225 g/mol. The van der Waals surface area contributed by atoms with Crippen molar-refractivity contribution in [1.82, 2.24) is 5.32 Å². The van der Waals surface area contributed by atoms with Crippen LogP contribution in [-0.2, 0) is 4.74 Å². The molecule has 0 spiro atoms. The van der Waals surface area contributed by atoms with Gasteiger partial charge in [0.05, 0.1) is 6.61 Å². The van der Waals surface area contributed by atoms with Crippen LogP contribution in [-0.4, -0.2) is 32.5 Å². The van der Waals surface area contributed by atoms with E-state index in [0.29, 0.717) is 19.1 Å². The molecule has 0 aromatic heterocycles. The number of nitrogens with one attached hydrogen (secondary N) is 1. The second-order valence-electron chi connectivity index (χ2n) is 4.07. The van der Waals surface area contributed by atoms with Gasteiger partial charge in [-0.05, 0) is 31.7 Å². The Hall–Kier alpha value is -0.290. The summed E-state index contributed by atoms with van der Waals surface area (Å²) in [7, 11) is 1.62. The van der Waals surface area contributed by atoms with Crippen molar-refractivity contribution in [3.63, 3.8) is 0 Å². The summed E-state index contributed by atoms with van der Waals surface area (Å²) in [5.74, 6) is 0.607. The Morgan fingerprint density at radius 1 is 1.40 bits per heavy atom. The van der Waals surface area contributed by atoms with Crippen molar-refractivity contribution in [2.45, 2.75) is 37.9 Å². The first-order valence-corrected chi connectivity index (χ1v) is 5.32. The molecule has 1 aliphatic rings. The number of halogens is 3. The maximum Gasteiger partial charge on any atom is 0.389 e. The van der Waals surface area contributed by atoms with E-state index in [1.165, 1.54) is 12.8 Å². The van der Waals surface area contributed by atoms with Crippen LogP contribution < -0.4 is 5.32 Å². The zero-order chi connectivity index (χ0) is 11.3. The van der Waals surface area contributed by atoms with E-state index in [2.05, 4.69) is 5.32 Å². The van der Waals surface area contributed by atoms with E-state index in [-0.39, 0.29) is 12.5 Å². The predicted molar refractivity (Wildman–Crippen MR) is 51.7 cm³/mol. The Morgan fingerprint density at radius 3 is 2.53 bits per heavy atom. The molecule has 1 N–H and O–H groups in total. The molecule has 1 rings (SSSR count). The lowest BCUT2D eigenvalue weighted by atomic mass is 10.2. The summed E-state index contributed by atoms with van der Waals surface area (Å²) in [6.45, 7) is 1.01. The number of hydrogen-bond acceptors (Lipinski definition) is 2. The molecule has 1 atom stereocenters. The predicted octanol–water partition coefficient (Wildman–Crippen LogP) is 2.34. The molecule has 0 aromatic carbocycles. The molecule has 1 fully saturated rings. The molecule has 0 aliphatic heterocycles. The molecule has 2 nitrogen and oxygen atoms in total. The minimum absolute atomic E-state index is 0.149. The molecule has 0 aromatic rings. The molecule has 0 bridgehead atoms. The van der Waals surface area contributed by atoms with E-state index in [9.17, 15) is 13.2 Å². The fourth-order valence-corrected chi connectivity index (χ4v) is 1.62. The molecule has 15 heavy (non-hydrogen) atoms. The van der Waals surface area contributed by atoms with Gasteiger partial charge in [-0.15, -0.1) is 0 Å². The molecule has 90 valence electrons. The van der Waals surface area contributed by atoms with E-state index < -0.39 is 12.6 Å². The van der Waals surface area contributed by atoms with Crippen LogP contribution in [0.5, 0.6) is 0 Å². The second-order valence-corrected chi connectivity index (χ2v) is 4.07. The summed E-state index contributed by atoms with van der Waals surface area (Å²) in [6, 6.07) is 0.239. The first-order chi connectivity index (χ1) is 7.03. The van der Waals surface area contributed by atoms with Crippen LogP contribution >= 0.6 is 0 Å². The van der Waals surface area contributed by atoms with Gasteiger partial charge in [0, 0.05) is 19.6 Å². The lowest BCUT2D eigenvalue weighted by Gasteiger charge is -2.17. The van der Waals surface area contributed by atoms with Gasteiger partial charge in [0.25, 0.3) is 0 Å². The van der Waals surface area contributed by atoms with Crippen molar-refractivity contribution >= 4 is 0 Å². The summed E-state index contributed by atoms with van der Waals surface area (Å²) >= 11 is 0. The number of hydrogen-bond donors (Lipinski definition) is 1. The van der Waals surface area contributed by atoms with Crippen LogP contribution in [0, 0.1) is 5.92 Å². The Morgan fingerprint density at radius 2 is 2.07 bits per heavy atom. The van der Waals surface area contributed by atoms with Crippen molar-refractivity contribution in [3.8, 4) is 0 Å². The van der Waals surface area contributed by atoms with Gasteiger partial charge in [0.15, 0.2) is 0 Å².